The summed E-state index contributed by atoms with van der Waals surface area (Å²) in [6, 6.07) is 24.8. The summed E-state index contributed by atoms with van der Waals surface area (Å²) < 4.78 is 86.8. The number of carbonyl (C=O) groups is 1. The molecule has 0 aliphatic rings. The van der Waals surface area contributed by atoms with Gasteiger partial charge in [0.05, 0.1) is 44.9 Å². The van der Waals surface area contributed by atoms with Crippen LogP contribution in [0.2, 0.25) is 0 Å². The van der Waals surface area contributed by atoms with Gasteiger partial charge in [0.15, 0.2) is 0 Å². The summed E-state index contributed by atoms with van der Waals surface area (Å²) in [6.45, 7) is 0. The maximum atomic E-state index is 15.2. The van der Waals surface area contributed by atoms with Crippen LogP contribution in [0.15, 0.2) is 108 Å². The first kappa shape index (κ1) is 31.7. The molecule has 0 fully saturated rings. The molecule has 12 heteroatoms. The fraction of sp³-hybridized carbons (Fsp3) is 0.0278. The second-order valence-electron chi connectivity index (χ2n) is 10.6. The summed E-state index contributed by atoms with van der Waals surface area (Å²) in [4.78, 5) is 11.0. The van der Waals surface area contributed by atoms with Crippen molar-refractivity contribution in [1.82, 2.24) is 3.97 Å². The number of carboxylic acids is 1. The summed E-state index contributed by atoms with van der Waals surface area (Å²) >= 11 is 0. The first-order valence-corrected chi connectivity index (χ1v) is 15.4. The van der Waals surface area contributed by atoms with E-state index < -0.39 is 39.6 Å². The van der Waals surface area contributed by atoms with Crippen LogP contribution in [0, 0.1) is 34.3 Å². The van der Waals surface area contributed by atoms with Gasteiger partial charge in [0.2, 0.25) is 0 Å². The molecule has 0 radical (unpaired) electrons. The molecule has 0 saturated carbocycles. The van der Waals surface area contributed by atoms with Crippen LogP contribution in [0.1, 0.15) is 33.5 Å². The van der Waals surface area contributed by atoms with Gasteiger partial charge in [-0.1, -0.05) is 42.5 Å². The van der Waals surface area contributed by atoms with Crippen molar-refractivity contribution in [2.75, 3.05) is 0 Å². The Balaban J connectivity index is 1.76. The van der Waals surface area contributed by atoms with Crippen molar-refractivity contribution < 1.29 is 35.9 Å². The highest BCUT2D eigenvalue weighted by atomic mass is 32.2. The minimum absolute atomic E-state index is 0.00447. The van der Waals surface area contributed by atoms with Gasteiger partial charge in [-0.15, -0.1) is 0 Å². The largest absolute Gasteiger partial charge is 0.478 e. The van der Waals surface area contributed by atoms with E-state index in [2.05, 4.69) is 0 Å². The van der Waals surface area contributed by atoms with Gasteiger partial charge in [-0.05, 0) is 66.2 Å². The number of nitriles is 2. The van der Waals surface area contributed by atoms with Crippen LogP contribution < -0.4 is 0 Å². The van der Waals surface area contributed by atoms with Crippen LogP contribution in [0.4, 0.5) is 17.6 Å². The quantitative estimate of drug-likeness (QED) is 0.171. The highest BCUT2D eigenvalue weighted by molar-refractivity contribution is 7.90. The highest BCUT2D eigenvalue weighted by Crippen LogP contribution is 2.46. The maximum Gasteiger partial charge on any atom is 0.335 e. The van der Waals surface area contributed by atoms with Crippen molar-refractivity contribution in [2.24, 2.45) is 0 Å². The number of aromatic nitrogens is 1. The van der Waals surface area contributed by atoms with Crippen LogP contribution in [-0.4, -0.2) is 23.5 Å². The first-order valence-electron chi connectivity index (χ1n) is 14.0. The molecule has 0 aliphatic carbocycles. The lowest BCUT2D eigenvalue weighted by atomic mass is 9.90. The van der Waals surface area contributed by atoms with E-state index in [-0.39, 0.29) is 66.0 Å². The molecule has 6 aromatic rings. The molecule has 1 aromatic heterocycles. The SMILES string of the molecule is N#Cc1cccc(C#N)c1-c1c(-c2cccc(-c3ccc(C(=O)O)cc3F)c2)n(S(=O)(=O)c2ccc(C(F)F)cc2)c2ccc(F)cc12. The molecule has 7 nitrogen and oxygen atoms in total. The molecule has 0 amide bonds. The lowest BCUT2D eigenvalue weighted by Gasteiger charge is -2.16. The van der Waals surface area contributed by atoms with E-state index in [1.807, 2.05) is 12.1 Å². The summed E-state index contributed by atoms with van der Waals surface area (Å²) in [5.74, 6) is -2.97. The fourth-order valence-electron chi connectivity index (χ4n) is 5.61. The van der Waals surface area contributed by atoms with Crippen molar-refractivity contribution in [3.05, 3.63) is 137 Å². The number of fused-ring (bicyclic) bond motifs is 1. The number of rotatable bonds is 7. The molecule has 0 atom stereocenters. The maximum absolute atomic E-state index is 15.2. The predicted octanol–water partition coefficient (Wildman–Crippen LogP) is 8.54. The fourth-order valence-corrected chi connectivity index (χ4v) is 7.16. The number of carboxylic acid groups (broad SMARTS) is 1. The smallest absolute Gasteiger partial charge is 0.335 e. The van der Waals surface area contributed by atoms with Gasteiger partial charge in [-0.25, -0.2) is 34.7 Å². The van der Waals surface area contributed by atoms with Crippen LogP contribution >= 0.6 is 0 Å². The van der Waals surface area contributed by atoms with Crippen molar-refractivity contribution in [3.8, 4) is 45.6 Å². The summed E-state index contributed by atoms with van der Waals surface area (Å²) in [5, 5.41) is 29.5. The van der Waals surface area contributed by atoms with Crippen molar-refractivity contribution in [1.29, 1.82) is 10.5 Å². The second kappa shape index (κ2) is 12.2. The lowest BCUT2D eigenvalue weighted by Crippen LogP contribution is -2.14. The minimum Gasteiger partial charge on any atom is -0.478 e. The molecule has 6 rings (SSSR count). The Hall–Kier alpha value is -6.24. The Bertz CT molecular complexity index is 2450. The molecule has 1 N–H and O–H groups in total. The van der Waals surface area contributed by atoms with Gasteiger partial charge in [0, 0.05) is 33.2 Å². The van der Waals surface area contributed by atoms with Crippen molar-refractivity contribution in [2.45, 2.75) is 11.3 Å². The number of aromatic carboxylic acids is 1. The van der Waals surface area contributed by atoms with E-state index in [4.69, 9.17) is 0 Å². The molecule has 1 heterocycles. The van der Waals surface area contributed by atoms with E-state index in [9.17, 15) is 42.0 Å². The number of halogens is 4. The summed E-state index contributed by atoms with van der Waals surface area (Å²) in [5.41, 5.74) is -0.602. The van der Waals surface area contributed by atoms with E-state index in [1.54, 1.807) is 0 Å². The van der Waals surface area contributed by atoms with Crippen molar-refractivity contribution >= 4 is 26.9 Å². The molecule has 0 bridgehead atoms. The zero-order chi connectivity index (χ0) is 34.3. The molecular weight excluding hydrogens is 646 g/mol. The standard InChI is InChI=1S/C36H19F4N3O4S/c37-26-10-14-31-29(17-26)33(32-24(18-41)5-2-6-25(32)19-42)34(43(31)48(46,47)27-11-7-20(8-12-27)35(39)40)22-4-1-3-21(15-22)28-13-9-23(36(44)45)16-30(28)38/h1-17,35H,(H,44,45). The lowest BCUT2D eigenvalue weighted by molar-refractivity contribution is 0.0696. The number of nitrogens with zero attached hydrogens (tertiary/aromatic N) is 3. The molecule has 0 aliphatic heterocycles. The van der Waals surface area contributed by atoms with E-state index in [1.165, 1.54) is 60.7 Å². The number of hydrogen-bond acceptors (Lipinski definition) is 5. The van der Waals surface area contributed by atoms with Crippen LogP contribution in [0.5, 0.6) is 0 Å². The average Bonchev–Trinajstić information content (AvgIpc) is 3.42. The van der Waals surface area contributed by atoms with Gasteiger partial charge in [0.1, 0.15) is 11.6 Å². The second-order valence-corrected chi connectivity index (χ2v) is 12.3. The van der Waals surface area contributed by atoms with E-state index in [0.717, 1.165) is 46.4 Å². The van der Waals surface area contributed by atoms with Gasteiger partial charge >= 0.3 is 5.97 Å². The van der Waals surface area contributed by atoms with Crippen molar-refractivity contribution in [3.63, 3.8) is 0 Å². The molecule has 0 saturated heterocycles. The topological polar surface area (TPSA) is 124 Å². The Kier molecular flexibility index (Phi) is 8.05. The number of hydrogen-bond donors (Lipinski definition) is 1. The average molecular weight is 666 g/mol. The predicted molar refractivity (Wildman–Crippen MR) is 169 cm³/mol. The molecule has 0 spiro atoms. The Morgan fingerprint density at radius 2 is 1.42 bits per heavy atom. The number of benzene rings is 5. The molecular formula is C36H19F4N3O4S. The molecule has 0 unspecified atom stereocenters. The Morgan fingerprint density at radius 1 is 0.771 bits per heavy atom. The summed E-state index contributed by atoms with van der Waals surface area (Å²) in [7, 11) is -4.68. The zero-order valence-corrected chi connectivity index (χ0v) is 25.1. The molecule has 236 valence electrons. The van der Waals surface area contributed by atoms with Gasteiger partial charge in [0.25, 0.3) is 16.4 Å². The Labute approximate surface area is 270 Å². The third-order valence-electron chi connectivity index (χ3n) is 7.78. The first-order chi connectivity index (χ1) is 23.0. The Morgan fingerprint density at radius 3 is 2.02 bits per heavy atom. The normalized spacial score (nSPS) is 11.4. The zero-order valence-electron chi connectivity index (χ0n) is 24.3. The van der Waals surface area contributed by atoms with E-state index in [0.29, 0.717) is 0 Å². The molecule has 5 aromatic carbocycles. The third-order valence-corrected chi connectivity index (χ3v) is 9.50. The van der Waals surface area contributed by atoms with Gasteiger partial charge in [-0.2, -0.15) is 10.5 Å². The third kappa shape index (κ3) is 5.34. The summed E-state index contributed by atoms with van der Waals surface area (Å²) in [6.07, 6.45) is -2.86. The minimum atomic E-state index is -4.68. The van der Waals surface area contributed by atoms with Crippen LogP contribution in [0.3, 0.4) is 0 Å². The van der Waals surface area contributed by atoms with Crippen LogP contribution in [-0.2, 0) is 10.0 Å². The number of alkyl halides is 2. The molecule has 48 heavy (non-hydrogen) atoms. The monoisotopic (exact) mass is 665 g/mol. The van der Waals surface area contributed by atoms with Gasteiger partial charge in [-0.3, -0.25) is 0 Å². The van der Waals surface area contributed by atoms with E-state index >= 15 is 4.39 Å². The van der Waals surface area contributed by atoms with Crippen LogP contribution in [0.25, 0.3) is 44.4 Å². The van der Waals surface area contributed by atoms with Gasteiger partial charge < -0.3 is 5.11 Å². The highest BCUT2D eigenvalue weighted by Gasteiger charge is 2.31.